The van der Waals surface area contributed by atoms with Crippen LogP contribution in [0.15, 0.2) is 28.9 Å². The van der Waals surface area contributed by atoms with E-state index in [2.05, 4.69) is 20.9 Å². The number of carbonyl (C=O) groups excluding carboxylic acids is 1. The predicted octanol–water partition coefficient (Wildman–Crippen LogP) is 3.70. The number of hydrogen-bond acceptors (Lipinski definition) is 3. The van der Waals surface area contributed by atoms with Gasteiger partial charge in [-0.3, -0.25) is 4.79 Å². The normalized spacial score (nSPS) is 15.0. The van der Waals surface area contributed by atoms with Gasteiger partial charge in [0.1, 0.15) is 11.6 Å². The van der Waals surface area contributed by atoms with Crippen molar-refractivity contribution < 1.29 is 9.53 Å². The Morgan fingerprint density at radius 1 is 1.38 bits per heavy atom. The maximum absolute atomic E-state index is 12.1. The second kappa shape index (κ2) is 5.81. The number of carbonyl (C=O) groups is 1. The monoisotopic (exact) mass is 352 g/mol. The fourth-order valence-corrected chi connectivity index (χ4v) is 2.62. The van der Waals surface area contributed by atoms with Crippen molar-refractivity contribution in [2.75, 3.05) is 0 Å². The highest BCUT2D eigenvalue weighted by molar-refractivity contribution is 9.10. The zero-order chi connectivity index (χ0) is 15.8. The average molecular weight is 353 g/mol. The van der Waals surface area contributed by atoms with E-state index in [-0.39, 0.29) is 11.9 Å². The van der Waals surface area contributed by atoms with E-state index in [0.717, 1.165) is 20.9 Å². The molecule has 0 radical (unpaired) electrons. The number of rotatable bonds is 3. The Morgan fingerprint density at radius 3 is 2.67 bits per heavy atom. The molecule has 2 rings (SSSR count). The zero-order valence-electron chi connectivity index (χ0n) is 12.7. The van der Waals surface area contributed by atoms with E-state index in [1.807, 2.05) is 52.1 Å². The lowest BCUT2D eigenvalue weighted by atomic mass is 9.93. The summed E-state index contributed by atoms with van der Waals surface area (Å²) >= 11 is 3.47. The molecule has 5 heteroatoms. The van der Waals surface area contributed by atoms with Gasteiger partial charge in [-0.05, 0) is 44.5 Å². The molecule has 0 fully saturated rings. The Kier molecular flexibility index (Phi) is 4.44. The SMILES string of the molecule is C[C@@H](c1c[nH]c2ccc(Br)cc12)[C@H](N)C(=O)OC(C)(C)C. The zero-order valence-corrected chi connectivity index (χ0v) is 14.3. The van der Waals surface area contributed by atoms with Crippen LogP contribution < -0.4 is 5.73 Å². The molecule has 0 unspecified atom stereocenters. The Hall–Kier alpha value is -1.33. The minimum absolute atomic E-state index is 0.136. The molecule has 0 spiro atoms. The van der Waals surface area contributed by atoms with Gasteiger partial charge < -0.3 is 15.5 Å². The largest absolute Gasteiger partial charge is 0.459 e. The molecule has 2 atom stereocenters. The second-order valence-corrected chi connectivity index (χ2v) is 7.20. The molecule has 0 aliphatic carbocycles. The summed E-state index contributed by atoms with van der Waals surface area (Å²) in [5.41, 5.74) is 7.60. The van der Waals surface area contributed by atoms with E-state index in [4.69, 9.17) is 10.5 Å². The maximum Gasteiger partial charge on any atom is 0.324 e. The van der Waals surface area contributed by atoms with Crippen LogP contribution in [0.1, 0.15) is 39.2 Å². The summed E-state index contributed by atoms with van der Waals surface area (Å²) in [5, 5.41) is 1.07. The highest BCUT2D eigenvalue weighted by Gasteiger charge is 2.28. The highest BCUT2D eigenvalue weighted by atomic mass is 79.9. The van der Waals surface area contributed by atoms with Crippen molar-refractivity contribution >= 4 is 32.8 Å². The molecule has 0 saturated carbocycles. The van der Waals surface area contributed by atoms with Crippen molar-refractivity contribution in [2.45, 2.75) is 45.3 Å². The first-order valence-electron chi connectivity index (χ1n) is 6.94. The fourth-order valence-electron chi connectivity index (χ4n) is 2.26. The number of fused-ring (bicyclic) bond motifs is 1. The molecule has 4 nitrogen and oxygen atoms in total. The number of nitrogens with two attached hydrogens (primary N) is 1. The van der Waals surface area contributed by atoms with Crippen LogP contribution in [0.2, 0.25) is 0 Å². The molecule has 3 N–H and O–H groups in total. The molecule has 0 aliphatic heterocycles. The number of hydrogen-bond donors (Lipinski definition) is 2. The molecule has 2 aromatic rings. The van der Waals surface area contributed by atoms with Gasteiger partial charge in [0.2, 0.25) is 0 Å². The van der Waals surface area contributed by atoms with E-state index in [9.17, 15) is 4.79 Å². The van der Waals surface area contributed by atoms with Crippen LogP contribution in [-0.2, 0) is 9.53 Å². The molecule has 0 aliphatic rings. The number of halogens is 1. The highest BCUT2D eigenvalue weighted by Crippen LogP contribution is 2.30. The summed E-state index contributed by atoms with van der Waals surface area (Å²) in [6, 6.07) is 5.30. The van der Waals surface area contributed by atoms with Crippen molar-refractivity contribution in [1.82, 2.24) is 4.98 Å². The van der Waals surface area contributed by atoms with Gasteiger partial charge >= 0.3 is 5.97 Å². The topological polar surface area (TPSA) is 68.1 Å². The van der Waals surface area contributed by atoms with Gasteiger partial charge in [-0.1, -0.05) is 22.9 Å². The average Bonchev–Trinajstić information content (AvgIpc) is 2.77. The molecule has 0 saturated heterocycles. The number of aromatic amines is 1. The van der Waals surface area contributed by atoms with Crippen molar-refractivity contribution in [3.63, 3.8) is 0 Å². The number of nitrogens with one attached hydrogen (secondary N) is 1. The molecule has 1 aromatic heterocycles. The molecule has 114 valence electrons. The number of benzene rings is 1. The first kappa shape index (κ1) is 16.0. The third-order valence-electron chi connectivity index (χ3n) is 3.38. The lowest BCUT2D eigenvalue weighted by molar-refractivity contribution is -0.156. The Bertz CT molecular complexity index is 658. The van der Waals surface area contributed by atoms with Gasteiger partial charge in [0.25, 0.3) is 0 Å². The molecule has 1 aromatic carbocycles. The van der Waals surface area contributed by atoms with Crippen LogP contribution in [-0.4, -0.2) is 22.6 Å². The number of H-pyrrole nitrogens is 1. The molecule has 21 heavy (non-hydrogen) atoms. The quantitative estimate of drug-likeness (QED) is 0.827. The smallest absolute Gasteiger partial charge is 0.324 e. The van der Waals surface area contributed by atoms with Crippen LogP contribution in [0.4, 0.5) is 0 Å². The first-order chi connectivity index (χ1) is 9.69. The van der Waals surface area contributed by atoms with Gasteiger partial charge in [-0.2, -0.15) is 0 Å². The number of aromatic nitrogens is 1. The van der Waals surface area contributed by atoms with Crippen molar-refractivity contribution in [3.05, 3.63) is 34.4 Å². The molecular formula is C16H21BrN2O2. The van der Waals surface area contributed by atoms with Gasteiger partial charge in [0, 0.05) is 27.5 Å². The minimum Gasteiger partial charge on any atom is -0.459 e. The van der Waals surface area contributed by atoms with Gasteiger partial charge in [-0.15, -0.1) is 0 Å². The summed E-state index contributed by atoms with van der Waals surface area (Å²) in [4.78, 5) is 15.3. The lowest BCUT2D eigenvalue weighted by Gasteiger charge is -2.25. The van der Waals surface area contributed by atoms with E-state index >= 15 is 0 Å². The first-order valence-corrected chi connectivity index (χ1v) is 7.73. The van der Waals surface area contributed by atoms with Crippen molar-refractivity contribution in [2.24, 2.45) is 5.73 Å². The summed E-state index contributed by atoms with van der Waals surface area (Å²) in [6.45, 7) is 7.46. The molecular weight excluding hydrogens is 332 g/mol. The van der Waals surface area contributed by atoms with Gasteiger partial charge in [0.15, 0.2) is 0 Å². The third kappa shape index (κ3) is 3.66. The van der Waals surface area contributed by atoms with Gasteiger partial charge in [0.05, 0.1) is 0 Å². The standard InChI is InChI=1S/C16H21BrN2O2/c1-9(14(18)15(20)21-16(2,3)4)12-8-19-13-6-5-10(17)7-11(12)13/h5-9,14,19H,18H2,1-4H3/t9-,14-/m0/s1. The summed E-state index contributed by atoms with van der Waals surface area (Å²) in [6.07, 6.45) is 1.91. The van der Waals surface area contributed by atoms with Crippen LogP contribution in [0, 0.1) is 0 Å². The molecule has 1 heterocycles. The van der Waals surface area contributed by atoms with Gasteiger partial charge in [-0.25, -0.2) is 0 Å². The Labute approximate surface area is 133 Å². The van der Waals surface area contributed by atoms with Crippen LogP contribution >= 0.6 is 15.9 Å². The second-order valence-electron chi connectivity index (χ2n) is 6.28. The third-order valence-corrected chi connectivity index (χ3v) is 3.88. The predicted molar refractivity (Wildman–Crippen MR) is 88.2 cm³/mol. The summed E-state index contributed by atoms with van der Waals surface area (Å²) in [7, 11) is 0. The van der Waals surface area contributed by atoms with Crippen LogP contribution in [0.25, 0.3) is 10.9 Å². The molecule has 0 amide bonds. The van der Waals surface area contributed by atoms with E-state index in [0.29, 0.717) is 0 Å². The van der Waals surface area contributed by atoms with Crippen LogP contribution in [0.5, 0.6) is 0 Å². The molecule has 0 bridgehead atoms. The van der Waals surface area contributed by atoms with Crippen LogP contribution in [0.3, 0.4) is 0 Å². The lowest BCUT2D eigenvalue weighted by Crippen LogP contribution is -2.40. The van der Waals surface area contributed by atoms with E-state index in [1.54, 1.807) is 0 Å². The summed E-state index contributed by atoms with van der Waals surface area (Å²) < 4.78 is 6.37. The minimum atomic E-state index is -0.692. The fraction of sp³-hybridized carbons (Fsp3) is 0.438. The van der Waals surface area contributed by atoms with E-state index < -0.39 is 11.6 Å². The van der Waals surface area contributed by atoms with E-state index in [1.165, 1.54) is 0 Å². The Balaban J connectivity index is 2.27. The summed E-state index contributed by atoms with van der Waals surface area (Å²) in [5.74, 6) is -0.512. The number of ether oxygens (including phenoxy) is 1. The maximum atomic E-state index is 12.1. The van der Waals surface area contributed by atoms with Crippen molar-refractivity contribution in [1.29, 1.82) is 0 Å². The van der Waals surface area contributed by atoms with Crippen molar-refractivity contribution in [3.8, 4) is 0 Å². The Morgan fingerprint density at radius 2 is 2.05 bits per heavy atom. The number of esters is 1.